The number of hydrogen-bond donors (Lipinski definition) is 2. The lowest BCUT2D eigenvalue weighted by atomic mass is 10.3. The maximum absolute atomic E-state index is 11.8. The molecule has 1 aromatic carbocycles. The molecule has 0 radical (unpaired) electrons. The number of benzene rings is 1. The van der Waals surface area contributed by atoms with Gasteiger partial charge in [-0.05, 0) is 31.2 Å². The second-order valence-corrected chi connectivity index (χ2v) is 7.29. The number of carbonyl (C=O) groups excluding carboxylic acids is 2. The summed E-state index contributed by atoms with van der Waals surface area (Å²) < 4.78 is 10.9. The zero-order valence-corrected chi connectivity index (χ0v) is 16.2. The maximum Gasteiger partial charge on any atom is 0.321 e. The van der Waals surface area contributed by atoms with Crippen LogP contribution < -0.4 is 15.4 Å². The first-order valence-electron chi connectivity index (χ1n) is 7.62. The average molecular weight is 417 g/mol. The minimum Gasteiger partial charge on any atom is -0.492 e. The van der Waals surface area contributed by atoms with Gasteiger partial charge in [0.05, 0.1) is 18.9 Å². The lowest BCUT2D eigenvalue weighted by Crippen LogP contribution is -2.32. The molecule has 0 saturated heterocycles. The summed E-state index contributed by atoms with van der Waals surface area (Å²) in [6.45, 7) is 2.71. The van der Waals surface area contributed by atoms with Crippen molar-refractivity contribution < 1.29 is 19.1 Å². The van der Waals surface area contributed by atoms with E-state index in [-0.39, 0.29) is 11.7 Å². The van der Waals surface area contributed by atoms with Gasteiger partial charge < -0.3 is 14.8 Å². The maximum atomic E-state index is 11.8. The van der Waals surface area contributed by atoms with Gasteiger partial charge in [0.15, 0.2) is 4.34 Å². The average Bonchev–Trinajstić information content (AvgIpc) is 3.06. The van der Waals surface area contributed by atoms with E-state index in [1.54, 1.807) is 31.2 Å². The Balaban J connectivity index is 1.64. The summed E-state index contributed by atoms with van der Waals surface area (Å²) in [7, 11) is 0. The molecule has 0 aliphatic rings. The molecule has 0 aliphatic heterocycles. The summed E-state index contributed by atoms with van der Waals surface area (Å²) in [6.07, 6.45) is 0. The molecule has 2 aromatic rings. The van der Waals surface area contributed by atoms with Gasteiger partial charge in [-0.3, -0.25) is 10.1 Å². The minimum absolute atomic E-state index is 0.150. The van der Waals surface area contributed by atoms with Crippen molar-refractivity contribution in [1.29, 1.82) is 0 Å². The number of amides is 2. The van der Waals surface area contributed by atoms with E-state index in [2.05, 4.69) is 20.8 Å². The largest absolute Gasteiger partial charge is 0.492 e. The van der Waals surface area contributed by atoms with Gasteiger partial charge in [0.25, 0.3) is 0 Å². The van der Waals surface area contributed by atoms with Crippen molar-refractivity contribution in [3.8, 4) is 5.75 Å². The highest BCUT2D eigenvalue weighted by Gasteiger charge is 2.10. The van der Waals surface area contributed by atoms with Gasteiger partial charge in [0.2, 0.25) is 5.13 Å². The van der Waals surface area contributed by atoms with Crippen molar-refractivity contribution in [3.05, 3.63) is 29.3 Å². The molecule has 1 aromatic heterocycles. The number of hydrogen-bond acceptors (Lipinski definition) is 8. The lowest BCUT2D eigenvalue weighted by Gasteiger charge is -2.07. The lowest BCUT2D eigenvalue weighted by molar-refractivity contribution is -0.139. The Morgan fingerprint density at radius 3 is 2.77 bits per heavy atom. The monoisotopic (exact) mass is 416 g/mol. The molecule has 2 amide bonds. The highest BCUT2D eigenvalue weighted by atomic mass is 35.5. The fraction of sp³-hybridized carbons (Fsp3) is 0.333. The summed E-state index contributed by atoms with van der Waals surface area (Å²) in [5.74, 6) is 0.501. The van der Waals surface area contributed by atoms with Crippen molar-refractivity contribution in [2.45, 2.75) is 11.3 Å². The van der Waals surface area contributed by atoms with E-state index in [0.29, 0.717) is 40.0 Å². The van der Waals surface area contributed by atoms with Crippen molar-refractivity contribution in [2.75, 3.05) is 30.8 Å². The SMILES string of the molecule is CCOC(=O)CSc1nnc(NC(=O)NCCOc2ccc(Cl)cc2)s1. The van der Waals surface area contributed by atoms with Crippen molar-refractivity contribution >= 4 is 51.8 Å². The highest BCUT2D eigenvalue weighted by Crippen LogP contribution is 2.25. The normalized spacial score (nSPS) is 10.2. The molecule has 26 heavy (non-hydrogen) atoms. The summed E-state index contributed by atoms with van der Waals surface area (Å²) >= 11 is 8.17. The fourth-order valence-electron chi connectivity index (χ4n) is 1.65. The third-order valence-corrected chi connectivity index (χ3v) is 4.91. The molecule has 0 fully saturated rings. The molecule has 11 heteroatoms. The van der Waals surface area contributed by atoms with Crippen molar-refractivity contribution in [1.82, 2.24) is 15.5 Å². The van der Waals surface area contributed by atoms with Crippen LogP contribution in [-0.2, 0) is 9.53 Å². The molecule has 140 valence electrons. The number of nitrogens with one attached hydrogen (secondary N) is 2. The zero-order valence-electron chi connectivity index (χ0n) is 13.9. The van der Waals surface area contributed by atoms with Gasteiger partial charge in [-0.25, -0.2) is 4.79 Å². The number of anilines is 1. The Bertz CT molecular complexity index is 727. The number of halogens is 1. The van der Waals surface area contributed by atoms with E-state index in [0.717, 1.165) is 0 Å². The van der Waals surface area contributed by atoms with Crippen LogP contribution in [0.5, 0.6) is 5.75 Å². The zero-order chi connectivity index (χ0) is 18.8. The number of ether oxygens (including phenoxy) is 2. The molecule has 0 saturated carbocycles. The topological polar surface area (TPSA) is 102 Å². The second kappa shape index (κ2) is 10.8. The van der Waals surface area contributed by atoms with E-state index in [1.807, 2.05) is 0 Å². The van der Waals surface area contributed by atoms with Gasteiger partial charge in [-0.2, -0.15) is 0 Å². The van der Waals surface area contributed by atoms with Crippen LogP contribution in [0.2, 0.25) is 5.02 Å². The Morgan fingerprint density at radius 2 is 2.04 bits per heavy atom. The molecule has 1 heterocycles. The first kappa shape index (κ1) is 20.3. The number of urea groups is 1. The third kappa shape index (κ3) is 7.46. The molecule has 2 N–H and O–H groups in total. The smallest absolute Gasteiger partial charge is 0.321 e. The summed E-state index contributed by atoms with van der Waals surface area (Å²) in [4.78, 5) is 23.1. The van der Waals surface area contributed by atoms with Gasteiger partial charge in [0.1, 0.15) is 12.4 Å². The summed E-state index contributed by atoms with van der Waals surface area (Å²) in [5, 5.41) is 13.9. The molecule has 8 nitrogen and oxygen atoms in total. The third-order valence-electron chi connectivity index (χ3n) is 2.72. The molecule has 0 atom stereocenters. The molecule has 0 unspecified atom stereocenters. The fourth-order valence-corrected chi connectivity index (χ4v) is 3.32. The first-order valence-corrected chi connectivity index (χ1v) is 9.80. The predicted molar refractivity (Wildman–Crippen MR) is 101 cm³/mol. The molecular formula is C15H17ClN4O4S2. The van der Waals surface area contributed by atoms with Crippen LogP contribution in [0, 0.1) is 0 Å². The highest BCUT2D eigenvalue weighted by molar-refractivity contribution is 8.01. The number of esters is 1. The first-order chi connectivity index (χ1) is 12.6. The van der Waals surface area contributed by atoms with Crippen LogP contribution in [-0.4, -0.2) is 47.7 Å². The molecule has 0 bridgehead atoms. The summed E-state index contributed by atoms with van der Waals surface area (Å²) in [5.41, 5.74) is 0. The van der Waals surface area contributed by atoms with Crippen LogP contribution in [0.15, 0.2) is 28.6 Å². The standard InChI is InChI=1S/C15H17ClN4O4S2/c1-2-23-12(21)9-25-15-20-19-14(26-15)18-13(22)17-7-8-24-11-5-3-10(16)4-6-11/h3-6H,2,7-9H2,1H3,(H2,17,18,19,22). The summed E-state index contributed by atoms with van der Waals surface area (Å²) in [6, 6.07) is 6.54. The van der Waals surface area contributed by atoms with E-state index >= 15 is 0 Å². The van der Waals surface area contributed by atoms with Crippen molar-refractivity contribution in [2.24, 2.45) is 0 Å². The van der Waals surface area contributed by atoms with Crippen molar-refractivity contribution in [3.63, 3.8) is 0 Å². The van der Waals surface area contributed by atoms with E-state index < -0.39 is 6.03 Å². The number of aromatic nitrogens is 2. The minimum atomic E-state index is -0.414. The van der Waals surface area contributed by atoms with E-state index in [1.165, 1.54) is 23.1 Å². The van der Waals surface area contributed by atoms with Crippen LogP contribution >= 0.6 is 34.7 Å². The molecular weight excluding hydrogens is 400 g/mol. The van der Waals surface area contributed by atoms with Crippen LogP contribution in [0.1, 0.15) is 6.92 Å². The van der Waals surface area contributed by atoms with E-state index in [4.69, 9.17) is 21.1 Å². The predicted octanol–water partition coefficient (Wildman–Crippen LogP) is 3.05. The quantitative estimate of drug-likeness (QED) is 0.280. The van der Waals surface area contributed by atoms with Gasteiger partial charge in [-0.1, -0.05) is 34.7 Å². The molecule has 0 spiro atoms. The molecule has 2 rings (SSSR count). The molecule has 0 aliphatic carbocycles. The van der Waals surface area contributed by atoms with Gasteiger partial charge in [-0.15, -0.1) is 10.2 Å². The second-order valence-electron chi connectivity index (χ2n) is 4.65. The van der Waals surface area contributed by atoms with Gasteiger partial charge in [0, 0.05) is 5.02 Å². The number of nitrogens with zero attached hydrogens (tertiary/aromatic N) is 2. The van der Waals surface area contributed by atoms with Crippen LogP contribution in [0.25, 0.3) is 0 Å². The van der Waals surface area contributed by atoms with Gasteiger partial charge >= 0.3 is 12.0 Å². The Hall–Kier alpha value is -2.04. The Morgan fingerprint density at radius 1 is 1.27 bits per heavy atom. The number of carbonyl (C=O) groups is 2. The Kier molecular flexibility index (Phi) is 8.45. The Labute approximate surface area is 163 Å². The van der Waals surface area contributed by atoms with Crippen LogP contribution in [0.3, 0.4) is 0 Å². The number of rotatable bonds is 9. The van der Waals surface area contributed by atoms with E-state index in [9.17, 15) is 9.59 Å². The number of thioether (sulfide) groups is 1. The van der Waals surface area contributed by atoms with Crippen LogP contribution in [0.4, 0.5) is 9.93 Å².